The van der Waals surface area contributed by atoms with Gasteiger partial charge in [-0.2, -0.15) is 0 Å². The summed E-state index contributed by atoms with van der Waals surface area (Å²) < 4.78 is 5.44. The minimum Gasteiger partial charge on any atom is -0.494 e. The monoisotopic (exact) mass is 338 g/mol. The lowest BCUT2D eigenvalue weighted by atomic mass is 10.0. The molecule has 1 unspecified atom stereocenters. The van der Waals surface area contributed by atoms with Crippen molar-refractivity contribution < 1.29 is 4.74 Å². The SMILES string of the molecule is CCOc1ccc(C(Br)Cc2ccc(Cl)cc2)cc1. The van der Waals surface area contributed by atoms with Crippen molar-refractivity contribution in [3.63, 3.8) is 0 Å². The summed E-state index contributed by atoms with van der Waals surface area (Å²) in [5.41, 5.74) is 2.51. The summed E-state index contributed by atoms with van der Waals surface area (Å²) in [4.78, 5) is 0.296. The molecule has 2 aromatic carbocycles. The quantitative estimate of drug-likeness (QED) is 0.661. The van der Waals surface area contributed by atoms with Crippen LogP contribution in [0.1, 0.15) is 22.9 Å². The highest BCUT2D eigenvalue weighted by Gasteiger charge is 2.08. The van der Waals surface area contributed by atoms with Crippen LogP contribution < -0.4 is 4.74 Å². The van der Waals surface area contributed by atoms with Crippen molar-refractivity contribution in [2.75, 3.05) is 6.61 Å². The predicted molar refractivity (Wildman–Crippen MR) is 84.4 cm³/mol. The number of halogens is 2. The minimum absolute atomic E-state index is 0.296. The van der Waals surface area contributed by atoms with Gasteiger partial charge in [0.15, 0.2) is 0 Å². The second-order valence-electron chi connectivity index (χ2n) is 4.30. The number of alkyl halides is 1. The summed E-state index contributed by atoms with van der Waals surface area (Å²) in [5.74, 6) is 0.914. The lowest BCUT2D eigenvalue weighted by molar-refractivity contribution is 0.340. The standard InChI is InChI=1S/C16H16BrClO/c1-2-19-15-9-5-13(6-10-15)16(17)11-12-3-7-14(18)8-4-12/h3-10,16H,2,11H2,1H3. The Kier molecular flexibility index (Phi) is 5.29. The molecule has 0 bridgehead atoms. The molecule has 1 nitrogen and oxygen atoms in total. The van der Waals surface area contributed by atoms with E-state index in [0.29, 0.717) is 11.4 Å². The largest absolute Gasteiger partial charge is 0.494 e. The molecule has 0 N–H and O–H groups in total. The normalized spacial score (nSPS) is 12.2. The van der Waals surface area contributed by atoms with E-state index in [4.69, 9.17) is 16.3 Å². The second-order valence-corrected chi connectivity index (χ2v) is 5.84. The molecule has 0 spiro atoms. The maximum atomic E-state index is 5.89. The van der Waals surface area contributed by atoms with Gasteiger partial charge in [-0.1, -0.05) is 51.8 Å². The second kappa shape index (κ2) is 6.97. The van der Waals surface area contributed by atoms with Crippen molar-refractivity contribution in [2.45, 2.75) is 18.2 Å². The third-order valence-corrected chi connectivity index (χ3v) is 3.99. The van der Waals surface area contributed by atoms with Crippen molar-refractivity contribution in [1.82, 2.24) is 0 Å². The van der Waals surface area contributed by atoms with Crippen LogP contribution >= 0.6 is 27.5 Å². The van der Waals surface area contributed by atoms with Crippen molar-refractivity contribution >= 4 is 27.5 Å². The molecule has 0 aliphatic rings. The van der Waals surface area contributed by atoms with E-state index >= 15 is 0 Å². The average Bonchev–Trinajstić information content (AvgIpc) is 2.42. The van der Waals surface area contributed by atoms with Gasteiger partial charge < -0.3 is 4.74 Å². The summed E-state index contributed by atoms with van der Waals surface area (Å²) in [7, 11) is 0. The van der Waals surface area contributed by atoms with Crippen molar-refractivity contribution in [2.24, 2.45) is 0 Å². The molecule has 100 valence electrons. The average molecular weight is 340 g/mol. The topological polar surface area (TPSA) is 9.23 Å². The van der Waals surface area contributed by atoms with Crippen LogP contribution in [-0.4, -0.2) is 6.61 Å². The number of hydrogen-bond acceptors (Lipinski definition) is 1. The highest BCUT2D eigenvalue weighted by molar-refractivity contribution is 9.09. The van der Waals surface area contributed by atoms with E-state index in [0.717, 1.165) is 17.2 Å². The highest BCUT2D eigenvalue weighted by atomic mass is 79.9. The van der Waals surface area contributed by atoms with Gasteiger partial charge in [-0.15, -0.1) is 0 Å². The molecule has 0 saturated heterocycles. The van der Waals surface area contributed by atoms with E-state index in [2.05, 4.69) is 40.2 Å². The summed E-state index contributed by atoms with van der Waals surface area (Å²) in [6.45, 7) is 2.68. The van der Waals surface area contributed by atoms with Crippen LogP contribution in [0.4, 0.5) is 0 Å². The summed E-state index contributed by atoms with van der Waals surface area (Å²) in [6, 6.07) is 16.2. The molecule has 0 amide bonds. The Morgan fingerprint density at radius 2 is 1.68 bits per heavy atom. The van der Waals surface area contributed by atoms with E-state index < -0.39 is 0 Å². The molecule has 3 heteroatoms. The molecule has 2 aromatic rings. The van der Waals surface area contributed by atoms with E-state index in [1.165, 1.54) is 11.1 Å². The van der Waals surface area contributed by atoms with Gasteiger partial charge in [0.2, 0.25) is 0 Å². The first-order valence-corrected chi connectivity index (χ1v) is 7.59. The first kappa shape index (κ1) is 14.4. The predicted octanol–water partition coefficient (Wildman–Crippen LogP) is 5.42. The molecule has 1 atom stereocenters. The van der Waals surface area contributed by atoms with Crippen LogP contribution in [0, 0.1) is 0 Å². The van der Waals surface area contributed by atoms with Gasteiger partial charge in [-0.3, -0.25) is 0 Å². The van der Waals surface area contributed by atoms with Gasteiger partial charge in [0.1, 0.15) is 5.75 Å². The number of hydrogen-bond donors (Lipinski definition) is 0. The van der Waals surface area contributed by atoms with Gasteiger partial charge >= 0.3 is 0 Å². The Bertz CT molecular complexity index is 507. The van der Waals surface area contributed by atoms with Crippen LogP contribution in [0.25, 0.3) is 0 Å². The van der Waals surface area contributed by atoms with E-state index in [-0.39, 0.29) is 0 Å². The first-order valence-electron chi connectivity index (χ1n) is 6.30. The summed E-state index contributed by atoms with van der Waals surface area (Å²) in [6.07, 6.45) is 0.936. The maximum absolute atomic E-state index is 5.89. The zero-order valence-corrected chi connectivity index (χ0v) is 13.1. The Morgan fingerprint density at radius 1 is 1.05 bits per heavy atom. The zero-order chi connectivity index (χ0) is 13.7. The molecule has 0 saturated carbocycles. The summed E-state index contributed by atoms with van der Waals surface area (Å²) in [5, 5.41) is 0.774. The van der Waals surface area contributed by atoms with Crippen LogP contribution in [0.15, 0.2) is 48.5 Å². The Morgan fingerprint density at radius 3 is 2.26 bits per heavy atom. The van der Waals surface area contributed by atoms with Crippen LogP contribution in [0.5, 0.6) is 5.75 Å². The minimum atomic E-state index is 0.296. The summed E-state index contributed by atoms with van der Waals surface area (Å²) >= 11 is 9.62. The fourth-order valence-corrected chi connectivity index (χ4v) is 2.69. The van der Waals surface area contributed by atoms with Crippen LogP contribution in [0.3, 0.4) is 0 Å². The van der Waals surface area contributed by atoms with Crippen molar-refractivity contribution in [1.29, 1.82) is 0 Å². The van der Waals surface area contributed by atoms with Gasteiger partial charge in [-0.25, -0.2) is 0 Å². The highest BCUT2D eigenvalue weighted by Crippen LogP contribution is 2.28. The van der Waals surface area contributed by atoms with E-state index in [1.807, 2.05) is 31.2 Å². The third-order valence-electron chi connectivity index (χ3n) is 2.88. The zero-order valence-electron chi connectivity index (χ0n) is 10.8. The number of ether oxygens (including phenoxy) is 1. The van der Waals surface area contributed by atoms with E-state index in [9.17, 15) is 0 Å². The number of benzene rings is 2. The third kappa shape index (κ3) is 4.26. The smallest absolute Gasteiger partial charge is 0.119 e. The first-order chi connectivity index (χ1) is 9.19. The Balaban J connectivity index is 2.02. The van der Waals surface area contributed by atoms with Crippen LogP contribution in [-0.2, 0) is 6.42 Å². The van der Waals surface area contributed by atoms with Gasteiger partial charge in [0.05, 0.1) is 6.61 Å². The van der Waals surface area contributed by atoms with Crippen molar-refractivity contribution in [3.8, 4) is 5.75 Å². The Labute approximate surface area is 127 Å². The lowest BCUT2D eigenvalue weighted by Gasteiger charge is -2.11. The molecule has 0 aliphatic heterocycles. The molecular formula is C16H16BrClO. The number of rotatable bonds is 5. The molecule has 2 rings (SSSR count). The van der Waals surface area contributed by atoms with E-state index in [1.54, 1.807) is 0 Å². The fraction of sp³-hybridized carbons (Fsp3) is 0.250. The molecule has 0 aliphatic carbocycles. The van der Waals surface area contributed by atoms with Gasteiger partial charge in [-0.05, 0) is 48.7 Å². The maximum Gasteiger partial charge on any atom is 0.119 e. The van der Waals surface area contributed by atoms with Gasteiger partial charge in [0, 0.05) is 9.85 Å². The van der Waals surface area contributed by atoms with Gasteiger partial charge in [0.25, 0.3) is 0 Å². The molecule has 0 heterocycles. The molecule has 0 radical (unpaired) electrons. The molecule has 19 heavy (non-hydrogen) atoms. The fourth-order valence-electron chi connectivity index (χ4n) is 1.88. The van der Waals surface area contributed by atoms with Crippen LogP contribution in [0.2, 0.25) is 5.02 Å². The Hall–Kier alpha value is -0.990. The van der Waals surface area contributed by atoms with Crippen molar-refractivity contribution in [3.05, 3.63) is 64.7 Å². The molecular weight excluding hydrogens is 324 g/mol. The molecule has 0 fully saturated rings. The lowest BCUT2D eigenvalue weighted by Crippen LogP contribution is -1.96. The molecule has 0 aromatic heterocycles.